The number of aromatic nitrogens is 2. The van der Waals surface area contributed by atoms with E-state index in [1.807, 2.05) is 20.8 Å². The van der Waals surface area contributed by atoms with E-state index in [0.29, 0.717) is 5.56 Å². The highest BCUT2D eigenvalue weighted by Crippen LogP contribution is 2.20. The Balaban J connectivity index is 2.78. The summed E-state index contributed by atoms with van der Waals surface area (Å²) in [7, 11) is 0. The molecule has 0 bridgehead atoms. The molecule has 0 aliphatic heterocycles. The maximum absolute atomic E-state index is 13.0. The molecule has 0 spiro atoms. The molecule has 15 heavy (non-hydrogen) atoms. The van der Waals surface area contributed by atoms with Crippen LogP contribution >= 0.6 is 0 Å². The number of hydrogen-bond acceptors (Lipinski definition) is 2. The molecule has 1 heterocycles. The van der Waals surface area contributed by atoms with Crippen LogP contribution in [0.15, 0.2) is 12.4 Å². The van der Waals surface area contributed by atoms with Crippen molar-refractivity contribution in [2.45, 2.75) is 38.7 Å². The van der Waals surface area contributed by atoms with Gasteiger partial charge in [0.2, 0.25) is 0 Å². The zero-order chi connectivity index (χ0) is 11.7. The molecule has 86 valence electrons. The number of nitrogens with two attached hydrogens (primary N) is 1. The van der Waals surface area contributed by atoms with Crippen LogP contribution in [0.2, 0.25) is 0 Å². The lowest BCUT2D eigenvalue weighted by Gasteiger charge is -2.19. The highest BCUT2D eigenvalue weighted by atomic mass is 19.3. The van der Waals surface area contributed by atoms with Gasteiger partial charge in [0.25, 0.3) is 5.92 Å². The molecular formula is C10H17F2N3. The maximum atomic E-state index is 13.0. The second-order valence-corrected chi connectivity index (χ2v) is 4.70. The van der Waals surface area contributed by atoms with Crippen molar-refractivity contribution < 1.29 is 8.78 Å². The SMILES string of the molecule is CC(C)(C)n1cc(CC(F)(F)CN)cn1. The predicted molar refractivity (Wildman–Crippen MR) is 54.9 cm³/mol. The average Bonchev–Trinajstić information content (AvgIpc) is 2.51. The zero-order valence-corrected chi connectivity index (χ0v) is 9.30. The zero-order valence-electron chi connectivity index (χ0n) is 9.30. The van der Waals surface area contributed by atoms with Crippen molar-refractivity contribution in [2.24, 2.45) is 5.73 Å². The Morgan fingerprint density at radius 3 is 2.40 bits per heavy atom. The fourth-order valence-corrected chi connectivity index (χ4v) is 1.19. The molecule has 0 aliphatic carbocycles. The fourth-order valence-electron chi connectivity index (χ4n) is 1.19. The van der Waals surface area contributed by atoms with E-state index in [4.69, 9.17) is 5.73 Å². The quantitative estimate of drug-likeness (QED) is 0.838. The van der Waals surface area contributed by atoms with Gasteiger partial charge in [-0.1, -0.05) is 0 Å². The monoisotopic (exact) mass is 217 g/mol. The number of hydrogen-bond donors (Lipinski definition) is 1. The summed E-state index contributed by atoms with van der Waals surface area (Å²) in [4.78, 5) is 0. The lowest BCUT2D eigenvalue weighted by molar-refractivity contribution is 0.0114. The van der Waals surface area contributed by atoms with Gasteiger partial charge in [-0.15, -0.1) is 0 Å². The normalized spacial score (nSPS) is 13.2. The van der Waals surface area contributed by atoms with Crippen LogP contribution in [0, 0.1) is 0 Å². The molecule has 0 saturated heterocycles. The van der Waals surface area contributed by atoms with Crippen molar-refractivity contribution in [2.75, 3.05) is 6.54 Å². The van der Waals surface area contributed by atoms with Gasteiger partial charge in [0.05, 0.1) is 18.3 Å². The van der Waals surface area contributed by atoms with E-state index in [1.54, 1.807) is 10.9 Å². The number of rotatable bonds is 3. The Morgan fingerprint density at radius 2 is 2.00 bits per heavy atom. The smallest absolute Gasteiger partial charge is 0.264 e. The van der Waals surface area contributed by atoms with Gasteiger partial charge in [0.15, 0.2) is 0 Å². The van der Waals surface area contributed by atoms with Crippen molar-refractivity contribution in [1.29, 1.82) is 0 Å². The van der Waals surface area contributed by atoms with E-state index < -0.39 is 12.5 Å². The lowest BCUT2D eigenvalue weighted by Crippen LogP contribution is -2.30. The number of alkyl halides is 2. The molecule has 5 heteroatoms. The van der Waals surface area contributed by atoms with Gasteiger partial charge in [0, 0.05) is 12.6 Å². The van der Waals surface area contributed by atoms with Gasteiger partial charge in [-0.3, -0.25) is 4.68 Å². The molecule has 0 aliphatic rings. The summed E-state index contributed by atoms with van der Waals surface area (Å²) in [5.41, 5.74) is 5.30. The largest absolute Gasteiger partial charge is 0.325 e. The van der Waals surface area contributed by atoms with Gasteiger partial charge in [-0.2, -0.15) is 5.10 Å². The number of halogens is 2. The minimum absolute atomic E-state index is 0.184. The molecule has 1 rings (SSSR count). The van der Waals surface area contributed by atoms with E-state index >= 15 is 0 Å². The molecule has 1 aromatic rings. The molecule has 0 amide bonds. The first-order chi connectivity index (χ1) is 6.74. The molecule has 2 N–H and O–H groups in total. The Labute approximate surface area is 88.3 Å². The van der Waals surface area contributed by atoms with E-state index in [-0.39, 0.29) is 12.0 Å². The summed E-state index contributed by atoms with van der Waals surface area (Å²) in [6, 6.07) is 0. The summed E-state index contributed by atoms with van der Waals surface area (Å²) in [5.74, 6) is -2.84. The second-order valence-electron chi connectivity index (χ2n) is 4.70. The first-order valence-electron chi connectivity index (χ1n) is 4.86. The minimum atomic E-state index is -2.84. The summed E-state index contributed by atoms with van der Waals surface area (Å²) in [5, 5.41) is 4.05. The van der Waals surface area contributed by atoms with Crippen molar-refractivity contribution >= 4 is 0 Å². The second kappa shape index (κ2) is 3.89. The predicted octanol–water partition coefficient (Wildman–Crippen LogP) is 1.77. The molecular weight excluding hydrogens is 200 g/mol. The topological polar surface area (TPSA) is 43.8 Å². The van der Waals surface area contributed by atoms with E-state index in [0.717, 1.165) is 0 Å². The van der Waals surface area contributed by atoms with Crippen molar-refractivity contribution in [1.82, 2.24) is 9.78 Å². The third-order valence-electron chi connectivity index (χ3n) is 2.08. The average molecular weight is 217 g/mol. The van der Waals surface area contributed by atoms with Gasteiger partial charge < -0.3 is 5.73 Å². The number of nitrogens with zero attached hydrogens (tertiary/aromatic N) is 2. The summed E-state index contributed by atoms with van der Waals surface area (Å²) in [6.45, 7) is 5.26. The van der Waals surface area contributed by atoms with Crippen LogP contribution in [0.5, 0.6) is 0 Å². The summed E-state index contributed by atoms with van der Waals surface area (Å²) in [6.07, 6.45) is 2.76. The molecule has 0 aromatic carbocycles. The Bertz CT molecular complexity index is 326. The lowest BCUT2D eigenvalue weighted by atomic mass is 10.1. The highest BCUT2D eigenvalue weighted by Gasteiger charge is 2.28. The van der Waals surface area contributed by atoms with Crippen LogP contribution in [0.4, 0.5) is 8.78 Å². The first kappa shape index (κ1) is 12.1. The summed E-state index contributed by atoms with van der Waals surface area (Å²) < 4.78 is 27.6. The molecule has 0 atom stereocenters. The molecule has 3 nitrogen and oxygen atoms in total. The van der Waals surface area contributed by atoms with Crippen molar-refractivity contribution in [3.8, 4) is 0 Å². The third-order valence-corrected chi connectivity index (χ3v) is 2.08. The maximum Gasteiger partial charge on any atom is 0.264 e. The minimum Gasteiger partial charge on any atom is -0.325 e. The molecule has 1 aromatic heterocycles. The van der Waals surface area contributed by atoms with Gasteiger partial charge in [-0.25, -0.2) is 8.78 Å². The summed E-state index contributed by atoms with van der Waals surface area (Å²) >= 11 is 0. The van der Waals surface area contributed by atoms with Crippen molar-refractivity contribution in [3.63, 3.8) is 0 Å². The van der Waals surface area contributed by atoms with Gasteiger partial charge >= 0.3 is 0 Å². The molecule has 0 saturated carbocycles. The van der Waals surface area contributed by atoms with E-state index in [2.05, 4.69) is 5.10 Å². The van der Waals surface area contributed by atoms with Crippen molar-refractivity contribution in [3.05, 3.63) is 18.0 Å². The Morgan fingerprint density at radius 1 is 1.40 bits per heavy atom. The van der Waals surface area contributed by atoms with Crippen LogP contribution < -0.4 is 5.73 Å². The standard InChI is InChI=1S/C10H17F2N3/c1-9(2,3)15-6-8(5-14-15)4-10(11,12)7-13/h5-6H,4,7,13H2,1-3H3. The Hall–Kier alpha value is -0.970. The molecule has 0 unspecified atom stereocenters. The van der Waals surface area contributed by atoms with Crippen LogP contribution in [-0.2, 0) is 12.0 Å². The van der Waals surface area contributed by atoms with Gasteiger partial charge in [0.1, 0.15) is 0 Å². The first-order valence-corrected chi connectivity index (χ1v) is 4.86. The van der Waals surface area contributed by atoms with Crippen LogP contribution in [0.3, 0.4) is 0 Å². The van der Waals surface area contributed by atoms with Crippen LogP contribution in [0.25, 0.3) is 0 Å². The third kappa shape index (κ3) is 3.27. The van der Waals surface area contributed by atoms with E-state index in [9.17, 15) is 8.78 Å². The molecule has 0 fully saturated rings. The van der Waals surface area contributed by atoms with Crippen LogP contribution in [0.1, 0.15) is 26.3 Å². The highest BCUT2D eigenvalue weighted by molar-refractivity contribution is 5.08. The van der Waals surface area contributed by atoms with Crippen LogP contribution in [-0.4, -0.2) is 22.2 Å². The fraction of sp³-hybridized carbons (Fsp3) is 0.700. The van der Waals surface area contributed by atoms with E-state index in [1.165, 1.54) is 6.20 Å². The Kier molecular flexibility index (Phi) is 3.13. The molecule has 0 radical (unpaired) electrons. The van der Waals surface area contributed by atoms with Gasteiger partial charge in [-0.05, 0) is 26.3 Å².